The van der Waals surface area contributed by atoms with Gasteiger partial charge in [-0.15, -0.1) is 0 Å². The Hall–Kier alpha value is -1.75. The molecule has 2 aliphatic heterocycles. The van der Waals surface area contributed by atoms with E-state index in [1.807, 2.05) is 6.07 Å². The number of hydrogen-bond donors (Lipinski definition) is 0. The van der Waals surface area contributed by atoms with Crippen molar-refractivity contribution in [1.82, 2.24) is 9.80 Å². The maximum absolute atomic E-state index is 13.5. The third-order valence-corrected chi connectivity index (χ3v) is 6.19. The fourth-order valence-electron chi connectivity index (χ4n) is 4.64. The van der Waals surface area contributed by atoms with E-state index in [1.165, 1.54) is 12.8 Å². The Kier molecular flexibility index (Phi) is 5.34. The molecule has 5 nitrogen and oxygen atoms in total. The molecule has 26 heavy (non-hydrogen) atoms. The zero-order valence-electron chi connectivity index (χ0n) is 15.8. The number of rotatable bonds is 4. The van der Waals surface area contributed by atoms with E-state index >= 15 is 0 Å². The molecular weight excluding hydrogens is 328 g/mol. The van der Waals surface area contributed by atoms with Crippen LogP contribution in [0.4, 0.5) is 0 Å². The largest absolute Gasteiger partial charge is 0.486 e. The Morgan fingerprint density at radius 2 is 1.77 bits per heavy atom. The molecule has 0 bridgehead atoms. The van der Waals surface area contributed by atoms with Crippen molar-refractivity contribution in [3.8, 4) is 11.5 Å². The summed E-state index contributed by atoms with van der Waals surface area (Å²) < 4.78 is 11.4. The number of carbonyl (C=O) groups excluding carboxylic acids is 1. The van der Waals surface area contributed by atoms with Gasteiger partial charge in [0.15, 0.2) is 11.5 Å². The minimum absolute atomic E-state index is 0.0403. The fraction of sp³-hybridized carbons (Fsp3) is 0.667. The molecule has 5 heteroatoms. The number of ether oxygens (including phenoxy) is 2. The van der Waals surface area contributed by atoms with E-state index < -0.39 is 0 Å². The second kappa shape index (κ2) is 7.87. The number of piperazine rings is 1. The van der Waals surface area contributed by atoms with Crippen LogP contribution >= 0.6 is 0 Å². The van der Waals surface area contributed by atoms with Crippen molar-refractivity contribution in [3.05, 3.63) is 23.8 Å². The van der Waals surface area contributed by atoms with Gasteiger partial charge in [-0.2, -0.15) is 0 Å². The molecule has 4 rings (SSSR count). The van der Waals surface area contributed by atoms with Crippen LogP contribution in [0.15, 0.2) is 18.2 Å². The molecule has 1 amide bonds. The average Bonchev–Trinajstić information content (AvgIpc) is 3.22. The van der Waals surface area contributed by atoms with Gasteiger partial charge in [-0.3, -0.25) is 4.79 Å². The third kappa shape index (κ3) is 3.54. The van der Waals surface area contributed by atoms with Gasteiger partial charge in [0.2, 0.25) is 5.91 Å². The van der Waals surface area contributed by atoms with E-state index in [9.17, 15) is 4.79 Å². The molecule has 1 saturated carbocycles. The highest BCUT2D eigenvalue weighted by Gasteiger charge is 2.36. The normalized spacial score (nSPS) is 22.4. The second-order valence-corrected chi connectivity index (χ2v) is 7.68. The molecule has 1 aromatic rings. The number of likely N-dealkylation sites (N-methyl/N-ethyl adjacent to an activating group) is 1. The van der Waals surface area contributed by atoms with Crippen LogP contribution in [-0.2, 0) is 4.79 Å². The molecular formula is C21H30N2O3. The highest BCUT2D eigenvalue weighted by molar-refractivity contribution is 5.84. The first-order valence-corrected chi connectivity index (χ1v) is 10.2. The van der Waals surface area contributed by atoms with Crippen LogP contribution in [-0.4, -0.2) is 61.6 Å². The molecule has 1 aromatic carbocycles. The SMILES string of the molecule is CCN1CCN(C(=O)C(c2ccc3c(c2)OCCO3)C2CCCC2)CC1. The fourth-order valence-corrected chi connectivity index (χ4v) is 4.64. The lowest BCUT2D eigenvalue weighted by molar-refractivity contribution is -0.135. The van der Waals surface area contributed by atoms with E-state index in [1.54, 1.807) is 0 Å². The van der Waals surface area contributed by atoms with E-state index in [0.717, 1.165) is 62.6 Å². The van der Waals surface area contributed by atoms with Gasteiger partial charge in [-0.05, 0) is 43.0 Å². The van der Waals surface area contributed by atoms with Gasteiger partial charge >= 0.3 is 0 Å². The minimum atomic E-state index is -0.0403. The van der Waals surface area contributed by atoms with Gasteiger partial charge in [0.05, 0.1) is 5.92 Å². The molecule has 2 heterocycles. The third-order valence-electron chi connectivity index (χ3n) is 6.19. The number of carbonyl (C=O) groups is 1. The Balaban J connectivity index is 1.57. The van der Waals surface area contributed by atoms with Crippen molar-refractivity contribution in [1.29, 1.82) is 0 Å². The summed E-state index contributed by atoms with van der Waals surface area (Å²) in [6.45, 7) is 8.10. The van der Waals surface area contributed by atoms with Crippen molar-refractivity contribution >= 4 is 5.91 Å². The van der Waals surface area contributed by atoms with Gasteiger partial charge in [0, 0.05) is 26.2 Å². The van der Waals surface area contributed by atoms with Crippen LogP contribution in [0.25, 0.3) is 0 Å². The maximum Gasteiger partial charge on any atom is 0.230 e. The maximum atomic E-state index is 13.5. The molecule has 0 spiro atoms. The van der Waals surface area contributed by atoms with Gasteiger partial charge in [0.1, 0.15) is 13.2 Å². The first-order chi connectivity index (χ1) is 12.8. The van der Waals surface area contributed by atoms with Crippen LogP contribution in [0.5, 0.6) is 11.5 Å². The van der Waals surface area contributed by atoms with Gasteiger partial charge in [-0.1, -0.05) is 25.8 Å². The van der Waals surface area contributed by atoms with E-state index in [4.69, 9.17) is 9.47 Å². The number of benzene rings is 1. The summed E-state index contributed by atoms with van der Waals surface area (Å²) in [5.74, 6) is 2.31. The van der Waals surface area contributed by atoms with Crippen molar-refractivity contribution in [2.45, 2.75) is 38.5 Å². The average molecular weight is 358 g/mol. The number of amides is 1. The monoisotopic (exact) mass is 358 g/mol. The highest BCUT2D eigenvalue weighted by atomic mass is 16.6. The number of fused-ring (bicyclic) bond motifs is 1. The smallest absolute Gasteiger partial charge is 0.230 e. The second-order valence-electron chi connectivity index (χ2n) is 7.68. The topological polar surface area (TPSA) is 42.0 Å². The molecule has 142 valence electrons. The summed E-state index contributed by atoms with van der Waals surface area (Å²) in [5.41, 5.74) is 1.10. The summed E-state index contributed by atoms with van der Waals surface area (Å²) in [4.78, 5) is 18.0. The molecule has 2 fully saturated rings. The molecule has 1 unspecified atom stereocenters. The molecule has 0 aromatic heterocycles. The molecule has 0 radical (unpaired) electrons. The van der Waals surface area contributed by atoms with E-state index in [0.29, 0.717) is 25.0 Å². The Morgan fingerprint density at radius 1 is 1.08 bits per heavy atom. The molecule has 1 aliphatic carbocycles. The lowest BCUT2D eigenvalue weighted by Gasteiger charge is -2.37. The van der Waals surface area contributed by atoms with Crippen LogP contribution < -0.4 is 9.47 Å². The molecule has 1 saturated heterocycles. The number of nitrogens with zero attached hydrogens (tertiary/aromatic N) is 2. The van der Waals surface area contributed by atoms with Crippen LogP contribution in [0.1, 0.15) is 44.1 Å². The van der Waals surface area contributed by atoms with Crippen molar-refractivity contribution in [3.63, 3.8) is 0 Å². The van der Waals surface area contributed by atoms with Crippen molar-refractivity contribution < 1.29 is 14.3 Å². The zero-order chi connectivity index (χ0) is 17.9. The number of hydrogen-bond acceptors (Lipinski definition) is 4. The highest BCUT2D eigenvalue weighted by Crippen LogP contribution is 2.41. The summed E-state index contributed by atoms with van der Waals surface area (Å²) in [5, 5.41) is 0. The summed E-state index contributed by atoms with van der Waals surface area (Å²) in [6.07, 6.45) is 4.78. The quantitative estimate of drug-likeness (QED) is 0.830. The first kappa shape index (κ1) is 17.7. The van der Waals surface area contributed by atoms with Crippen molar-refractivity contribution in [2.75, 3.05) is 45.9 Å². The summed E-state index contributed by atoms with van der Waals surface area (Å²) in [7, 11) is 0. The predicted molar refractivity (Wildman–Crippen MR) is 101 cm³/mol. The van der Waals surface area contributed by atoms with Crippen LogP contribution in [0.3, 0.4) is 0 Å². The Bertz CT molecular complexity index is 634. The zero-order valence-corrected chi connectivity index (χ0v) is 15.8. The van der Waals surface area contributed by atoms with Gasteiger partial charge in [0.25, 0.3) is 0 Å². The van der Waals surface area contributed by atoms with Crippen LogP contribution in [0.2, 0.25) is 0 Å². The van der Waals surface area contributed by atoms with E-state index in [-0.39, 0.29) is 5.92 Å². The Labute approximate surface area is 156 Å². The van der Waals surface area contributed by atoms with Gasteiger partial charge in [-0.25, -0.2) is 0 Å². The predicted octanol–water partition coefficient (Wildman–Crippen LogP) is 2.90. The summed E-state index contributed by atoms with van der Waals surface area (Å²) >= 11 is 0. The summed E-state index contributed by atoms with van der Waals surface area (Å²) in [6, 6.07) is 6.11. The van der Waals surface area contributed by atoms with Crippen LogP contribution in [0, 0.1) is 5.92 Å². The van der Waals surface area contributed by atoms with Crippen molar-refractivity contribution in [2.24, 2.45) is 5.92 Å². The lowest BCUT2D eigenvalue weighted by Crippen LogP contribution is -2.50. The standard InChI is InChI=1S/C21H30N2O3/c1-2-22-9-11-23(12-10-22)21(24)20(16-5-3-4-6-16)17-7-8-18-19(15-17)26-14-13-25-18/h7-8,15-16,20H,2-6,9-14H2,1H3. The first-order valence-electron chi connectivity index (χ1n) is 10.2. The van der Waals surface area contributed by atoms with Gasteiger partial charge < -0.3 is 19.3 Å². The van der Waals surface area contributed by atoms with E-state index in [2.05, 4.69) is 28.9 Å². The minimum Gasteiger partial charge on any atom is -0.486 e. The molecule has 3 aliphatic rings. The Morgan fingerprint density at radius 3 is 2.46 bits per heavy atom. The lowest BCUT2D eigenvalue weighted by atomic mass is 9.83. The molecule has 1 atom stereocenters. The molecule has 0 N–H and O–H groups in total.